The Morgan fingerprint density at radius 1 is 1.15 bits per heavy atom. The highest BCUT2D eigenvalue weighted by atomic mass is 16.2. The van der Waals surface area contributed by atoms with E-state index in [1.54, 1.807) is 0 Å². The van der Waals surface area contributed by atoms with Crippen LogP contribution < -0.4 is 16.0 Å². The van der Waals surface area contributed by atoms with E-state index in [0.717, 1.165) is 38.9 Å². The van der Waals surface area contributed by atoms with E-state index in [4.69, 9.17) is 0 Å². The first-order valence-electron chi connectivity index (χ1n) is 9.65. The van der Waals surface area contributed by atoms with Crippen LogP contribution in [0.5, 0.6) is 0 Å². The van der Waals surface area contributed by atoms with E-state index in [0.29, 0.717) is 5.69 Å². The van der Waals surface area contributed by atoms with Gasteiger partial charge in [-0.15, -0.1) is 0 Å². The van der Waals surface area contributed by atoms with Crippen LogP contribution in [0.15, 0.2) is 30.3 Å². The molecule has 1 unspecified atom stereocenters. The lowest BCUT2D eigenvalue weighted by Gasteiger charge is -2.33. The maximum absolute atomic E-state index is 12.7. The zero-order valence-electron chi connectivity index (χ0n) is 16.1. The first-order valence-corrected chi connectivity index (χ1v) is 9.65. The minimum atomic E-state index is -0.549. The SMILES string of the molecule is CCCN1CCC(NC(=O)C(NC(=O)Nc2ccccc2)C(C)C)CC1. The fourth-order valence-corrected chi connectivity index (χ4v) is 3.27. The predicted molar refractivity (Wildman–Crippen MR) is 105 cm³/mol. The fourth-order valence-electron chi connectivity index (χ4n) is 3.27. The topological polar surface area (TPSA) is 73.5 Å². The number of benzene rings is 1. The number of rotatable bonds is 7. The summed E-state index contributed by atoms with van der Waals surface area (Å²) < 4.78 is 0. The molecule has 0 radical (unpaired) electrons. The summed E-state index contributed by atoms with van der Waals surface area (Å²) in [6, 6.07) is 8.51. The molecule has 1 saturated heterocycles. The van der Waals surface area contributed by atoms with Crippen molar-refractivity contribution >= 4 is 17.6 Å². The highest BCUT2D eigenvalue weighted by Crippen LogP contribution is 2.12. The second-order valence-corrected chi connectivity index (χ2v) is 7.31. The highest BCUT2D eigenvalue weighted by Gasteiger charge is 2.27. The van der Waals surface area contributed by atoms with Crippen LogP contribution in [0, 0.1) is 5.92 Å². The molecule has 2 rings (SSSR count). The van der Waals surface area contributed by atoms with Gasteiger partial charge < -0.3 is 20.9 Å². The minimum absolute atomic E-state index is 0.0108. The van der Waals surface area contributed by atoms with Gasteiger partial charge in [-0.25, -0.2) is 4.79 Å². The molecule has 0 aliphatic carbocycles. The maximum Gasteiger partial charge on any atom is 0.319 e. The van der Waals surface area contributed by atoms with Gasteiger partial charge in [-0.3, -0.25) is 4.79 Å². The molecule has 3 amide bonds. The van der Waals surface area contributed by atoms with Gasteiger partial charge in [0.05, 0.1) is 0 Å². The van der Waals surface area contributed by atoms with Crippen LogP contribution in [0.25, 0.3) is 0 Å². The van der Waals surface area contributed by atoms with Gasteiger partial charge in [-0.05, 0) is 43.9 Å². The molecule has 1 aromatic rings. The van der Waals surface area contributed by atoms with Gasteiger partial charge in [0.25, 0.3) is 0 Å². The Balaban J connectivity index is 1.84. The van der Waals surface area contributed by atoms with E-state index in [1.165, 1.54) is 0 Å². The van der Waals surface area contributed by atoms with Crippen molar-refractivity contribution in [1.29, 1.82) is 0 Å². The molecule has 1 aliphatic rings. The Morgan fingerprint density at radius 2 is 1.81 bits per heavy atom. The number of amides is 3. The van der Waals surface area contributed by atoms with Crippen molar-refractivity contribution in [2.75, 3.05) is 25.0 Å². The van der Waals surface area contributed by atoms with Crippen molar-refractivity contribution in [1.82, 2.24) is 15.5 Å². The summed E-state index contributed by atoms with van der Waals surface area (Å²) in [4.78, 5) is 27.3. The average Bonchev–Trinajstić information content (AvgIpc) is 2.62. The number of anilines is 1. The van der Waals surface area contributed by atoms with E-state index in [9.17, 15) is 9.59 Å². The number of para-hydroxylation sites is 1. The summed E-state index contributed by atoms with van der Waals surface area (Å²) >= 11 is 0. The Kier molecular flexibility index (Phi) is 7.91. The predicted octanol–water partition coefficient (Wildman–Crippen LogP) is 2.82. The third-order valence-corrected chi connectivity index (χ3v) is 4.74. The maximum atomic E-state index is 12.7. The molecular formula is C20H32N4O2. The van der Waals surface area contributed by atoms with Crippen LogP contribution in [-0.2, 0) is 4.79 Å². The summed E-state index contributed by atoms with van der Waals surface area (Å²) in [6.07, 6.45) is 3.09. The summed E-state index contributed by atoms with van der Waals surface area (Å²) in [5.41, 5.74) is 0.705. The van der Waals surface area contributed by atoms with Crippen molar-refractivity contribution < 1.29 is 9.59 Å². The first kappa shape index (κ1) is 20.2. The molecule has 0 saturated carbocycles. The van der Waals surface area contributed by atoms with E-state index in [1.807, 2.05) is 44.2 Å². The molecule has 0 bridgehead atoms. The Bertz CT molecular complexity index is 568. The quantitative estimate of drug-likeness (QED) is 0.700. The van der Waals surface area contributed by atoms with Crippen LogP contribution in [-0.4, -0.2) is 48.6 Å². The van der Waals surface area contributed by atoms with E-state index >= 15 is 0 Å². The number of nitrogens with zero attached hydrogens (tertiary/aromatic N) is 1. The molecule has 144 valence electrons. The number of urea groups is 1. The Hall–Kier alpha value is -2.08. The van der Waals surface area contributed by atoms with Crippen molar-refractivity contribution in [3.05, 3.63) is 30.3 Å². The smallest absolute Gasteiger partial charge is 0.319 e. The van der Waals surface area contributed by atoms with E-state index in [2.05, 4.69) is 27.8 Å². The van der Waals surface area contributed by atoms with E-state index in [-0.39, 0.29) is 23.9 Å². The zero-order valence-corrected chi connectivity index (χ0v) is 16.1. The third kappa shape index (κ3) is 6.33. The molecule has 1 heterocycles. The standard InChI is InChI=1S/C20H32N4O2/c1-4-12-24-13-10-17(11-14-24)21-19(25)18(15(2)3)23-20(26)22-16-8-6-5-7-9-16/h5-9,15,17-18H,4,10-14H2,1-3H3,(H,21,25)(H2,22,23,26). The highest BCUT2D eigenvalue weighted by molar-refractivity contribution is 5.93. The molecule has 6 heteroatoms. The molecule has 0 aromatic heterocycles. The number of hydrogen-bond donors (Lipinski definition) is 3. The normalized spacial score (nSPS) is 16.9. The molecule has 1 aromatic carbocycles. The van der Waals surface area contributed by atoms with Gasteiger partial charge in [0.2, 0.25) is 5.91 Å². The summed E-state index contributed by atoms with van der Waals surface area (Å²) in [7, 11) is 0. The molecule has 1 aliphatic heterocycles. The molecule has 0 spiro atoms. The molecule has 1 fully saturated rings. The number of carbonyl (C=O) groups is 2. The van der Waals surface area contributed by atoms with Crippen molar-refractivity contribution in [2.24, 2.45) is 5.92 Å². The second-order valence-electron chi connectivity index (χ2n) is 7.31. The number of likely N-dealkylation sites (tertiary alicyclic amines) is 1. The van der Waals surface area contributed by atoms with Crippen LogP contribution in [0.1, 0.15) is 40.0 Å². The summed E-state index contributed by atoms with van der Waals surface area (Å²) in [6.45, 7) is 9.23. The third-order valence-electron chi connectivity index (χ3n) is 4.74. The largest absolute Gasteiger partial charge is 0.351 e. The summed E-state index contributed by atoms with van der Waals surface area (Å²) in [5.74, 6) is -0.0890. The van der Waals surface area contributed by atoms with Gasteiger partial charge in [-0.2, -0.15) is 0 Å². The molecular weight excluding hydrogens is 328 g/mol. The Labute approximate surface area is 156 Å². The van der Waals surface area contributed by atoms with Gasteiger partial charge in [0, 0.05) is 24.8 Å². The van der Waals surface area contributed by atoms with Gasteiger partial charge in [-0.1, -0.05) is 39.0 Å². The number of piperidine rings is 1. The summed E-state index contributed by atoms with van der Waals surface area (Å²) in [5, 5.41) is 8.70. The van der Waals surface area contributed by atoms with Gasteiger partial charge in [0.15, 0.2) is 0 Å². The minimum Gasteiger partial charge on any atom is -0.351 e. The van der Waals surface area contributed by atoms with Crippen LogP contribution in [0.4, 0.5) is 10.5 Å². The van der Waals surface area contributed by atoms with Crippen molar-refractivity contribution in [3.63, 3.8) is 0 Å². The van der Waals surface area contributed by atoms with Crippen molar-refractivity contribution in [2.45, 2.75) is 52.1 Å². The number of hydrogen-bond acceptors (Lipinski definition) is 3. The monoisotopic (exact) mass is 360 g/mol. The van der Waals surface area contributed by atoms with Crippen LogP contribution in [0.2, 0.25) is 0 Å². The van der Waals surface area contributed by atoms with Gasteiger partial charge >= 0.3 is 6.03 Å². The second kappa shape index (κ2) is 10.2. The van der Waals surface area contributed by atoms with Crippen molar-refractivity contribution in [3.8, 4) is 0 Å². The Morgan fingerprint density at radius 3 is 2.38 bits per heavy atom. The van der Waals surface area contributed by atoms with Crippen LogP contribution >= 0.6 is 0 Å². The first-order chi connectivity index (χ1) is 12.5. The average molecular weight is 361 g/mol. The number of nitrogens with one attached hydrogen (secondary N) is 3. The van der Waals surface area contributed by atoms with Crippen LogP contribution in [0.3, 0.4) is 0 Å². The fraction of sp³-hybridized carbons (Fsp3) is 0.600. The number of carbonyl (C=O) groups excluding carboxylic acids is 2. The molecule has 26 heavy (non-hydrogen) atoms. The molecule has 3 N–H and O–H groups in total. The lowest BCUT2D eigenvalue weighted by Crippen LogP contribution is -2.54. The zero-order chi connectivity index (χ0) is 18.9. The molecule has 1 atom stereocenters. The van der Waals surface area contributed by atoms with Gasteiger partial charge in [0.1, 0.15) is 6.04 Å². The molecule has 6 nitrogen and oxygen atoms in total. The lowest BCUT2D eigenvalue weighted by atomic mass is 10.0. The lowest BCUT2D eigenvalue weighted by molar-refractivity contribution is -0.124. The van der Waals surface area contributed by atoms with E-state index < -0.39 is 6.04 Å².